The maximum Gasteiger partial charge on any atom is 0.0826 e. The van der Waals surface area contributed by atoms with E-state index in [2.05, 4.69) is 48.3 Å². The Morgan fingerprint density at radius 2 is 2.05 bits per heavy atom. The van der Waals surface area contributed by atoms with Crippen LogP contribution in [0.1, 0.15) is 37.4 Å². The zero-order valence-electron chi connectivity index (χ0n) is 13.1. The molecule has 1 aliphatic rings. The SMILES string of the molecule is CCc1ccc(C(CC)N2CCOC(CNC)C2)cc1. The van der Waals surface area contributed by atoms with E-state index in [4.69, 9.17) is 4.74 Å². The van der Waals surface area contributed by atoms with Crippen LogP contribution in [0.2, 0.25) is 0 Å². The molecule has 1 N–H and O–H groups in total. The topological polar surface area (TPSA) is 24.5 Å². The molecule has 1 aliphatic heterocycles. The summed E-state index contributed by atoms with van der Waals surface area (Å²) in [4.78, 5) is 2.58. The molecule has 1 heterocycles. The Kier molecular flexibility index (Phi) is 6.02. The zero-order valence-corrected chi connectivity index (χ0v) is 13.1. The Balaban J connectivity index is 2.06. The predicted molar refractivity (Wildman–Crippen MR) is 84.1 cm³/mol. The van der Waals surface area contributed by atoms with Crippen molar-refractivity contribution in [3.63, 3.8) is 0 Å². The largest absolute Gasteiger partial charge is 0.374 e. The molecule has 0 amide bonds. The minimum absolute atomic E-state index is 0.317. The van der Waals surface area contributed by atoms with Crippen molar-refractivity contribution in [2.45, 2.75) is 38.8 Å². The molecule has 0 bridgehead atoms. The van der Waals surface area contributed by atoms with Crippen LogP contribution >= 0.6 is 0 Å². The van der Waals surface area contributed by atoms with Gasteiger partial charge in [0.1, 0.15) is 0 Å². The van der Waals surface area contributed by atoms with Gasteiger partial charge in [-0.1, -0.05) is 38.1 Å². The highest BCUT2D eigenvalue weighted by Crippen LogP contribution is 2.26. The predicted octanol–water partition coefficient (Wildman–Crippen LogP) is 2.62. The van der Waals surface area contributed by atoms with Gasteiger partial charge in [0.25, 0.3) is 0 Å². The Hall–Kier alpha value is -0.900. The summed E-state index contributed by atoms with van der Waals surface area (Å²) in [7, 11) is 1.99. The van der Waals surface area contributed by atoms with Gasteiger partial charge in [-0.2, -0.15) is 0 Å². The third kappa shape index (κ3) is 3.81. The van der Waals surface area contributed by atoms with E-state index < -0.39 is 0 Å². The molecule has 112 valence electrons. The molecule has 2 unspecified atom stereocenters. The van der Waals surface area contributed by atoms with Gasteiger partial charge in [0.05, 0.1) is 12.7 Å². The molecular formula is C17H28N2O. The minimum Gasteiger partial charge on any atom is -0.374 e. The average molecular weight is 276 g/mol. The van der Waals surface area contributed by atoms with Crippen molar-refractivity contribution in [2.75, 3.05) is 33.3 Å². The van der Waals surface area contributed by atoms with Crippen LogP contribution in [0.25, 0.3) is 0 Å². The summed E-state index contributed by atoms with van der Waals surface area (Å²) in [5.74, 6) is 0. The van der Waals surface area contributed by atoms with Crippen molar-refractivity contribution in [3.8, 4) is 0 Å². The van der Waals surface area contributed by atoms with E-state index in [9.17, 15) is 0 Å². The summed E-state index contributed by atoms with van der Waals surface area (Å²) >= 11 is 0. The highest BCUT2D eigenvalue weighted by molar-refractivity contribution is 5.25. The molecule has 1 aromatic rings. The molecular weight excluding hydrogens is 248 g/mol. The number of morpholine rings is 1. The Bertz CT molecular complexity index is 388. The number of benzene rings is 1. The molecule has 3 heteroatoms. The first-order valence-electron chi connectivity index (χ1n) is 7.87. The fourth-order valence-corrected chi connectivity index (χ4v) is 3.06. The molecule has 0 saturated carbocycles. The highest BCUT2D eigenvalue weighted by Gasteiger charge is 2.25. The van der Waals surface area contributed by atoms with Gasteiger partial charge in [0.2, 0.25) is 0 Å². The third-order valence-electron chi connectivity index (χ3n) is 4.20. The van der Waals surface area contributed by atoms with E-state index in [1.54, 1.807) is 0 Å². The summed E-state index contributed by atoms with van der Waals surface area (Å²) in [6, 6.07) is 9.65. The molecule has 1 fully saturated rings. The Labute approximate surface area is 123 Å². The molecule has 3 nitrogen and oxygen atoms in total. The van der Waals surface area contributed by atoms with Crippen LogP contribution in [-0.2, 0) is 11.2 Å². The van der Waals surface area contributed by atoms with Crippen LogP contribution in [0.15, 0.2) is 24.3 Å². The average Bonchev–Trinajstić information content (AvgIpc) is 2.49. The molecule has 2 atom stereocenters. The Morgan fingerprint density at radius 3 is 2.65 bits per heavy atom. The first kappa shape index (κ1) is 15.5. The van der Waals surface area contributed by atoms with Crippen molar-refractivity contribution in [3.05, 3.63) is 35.4 Å². The van der Waals surface area contributed by atoms with Crippen LogP contribution in [0, 0.1) is 0 Å². The smallest absolute Gasteiger partial charge is 0.0826 e. The molecule has 0 aromatic heterocycles. The summed E-state index contributed by atoms with van der Waals surface area (Å²) in [6.45, 7) is 8.32. The minimum atomic E-state index is 0.317. The third-order valence-corrected chi connectivity index (χ3v) is 4.20. The monoisotopic (exact) mass is 276 g/mol. The van der Waals surface area contributed by atoms with Crippen molar-refractivity contribution in [2.24, 2.45) is 0 Å². The Morgan fingerprint density at radius 1 is 1.30 bits per heavy atom. The van der Waals surface area contributed by atoms with Crippen LogP contribution in [0.3, 0.4) is 0 Å². The lowest BCUT2D eigenvalue weighted by Crippen LogP contribution is -2.47. The van der Waals surface area contributed by atoms with E-state index in [1.165, 1.54) is 11.1 Å². The maximum atomic E-state index is 5.81. The number of nitrogens with zero attached hydrogens (tertiary/aromatic N) is 1. The quantitative estimate of drug-likeness (QED) is 0.864. The highest BCUT2D eigenvalue weighted by atomic mass is 16.5. The summed E-state index contributed by atoms with van der Waals surface area (Å²) in [5, 5.41) is 3.22. The van der Waals surface area contributed by atoms with Crippen LogP contribution in [0.5, 0.6) is 0 Å². The summed E-state index contributed by atoms with van der Waals surface area (Å²) in [6.07, 6.45) is 2.58. The normalized spacial score (nSPS) is 21.9. The van der Waals surface area contributed by atoms with Gasteiger partial charge < -0.3 is 10.1 Å². The maximum absolute atomic E-state index is 5.81. The molecule has 2 rings (SSSR count). The molecule has 0 spiro atoms. The standard InChI is InChI=1S/C17H28N2O/c1-4-14-6-8-15(9-7-14)17(5-2)19-10-11-20-16(13-19)12-18-3/h6-9,16-18H,4-5,10-13H2,1-3H3. The lowest BCUT2D eigenvalue weighted by Gasteiger charge is -2.38. The van der Waals surface area contributed by atoms with Gasteiger partial charge in [-0.15, -0.1) is 0 Å². The van der Waals surface area contributed by atoms with E-state index in [0.29, 0.717) is 12.1 Å². The summed E-state index contributed by atoms with van der Waals surface area (Å²) in [5.41, 5.74) is 2.86. The second-order valence-electron chi connectivity index (χ2n) is 5.56. The van der Waals surface area contributed by atoms with Gasteiger partial charge in [0, 0.05) is 25.7 Å². The number of hydrogen-bond acceptors (Lipinski definition) is 3. The van der Waals surface area contributed by atoms with Gasteiger partial charge in [-0.25, -0.2) is 0 Å². The van der Waals surface area contributed by atoms with E-state index >= 15 is 0 Å². The number of aryl methyl sites for hydroxylation is 1. The molecule has 20 heavy (non-hydrogen) atoms. The zero-order chi connectivity index (χ0) is 14.4. The van der Waals surface area contributed by atoms with Crippen LogP contribution in [-0.4, -0.2) is 44.3 Å². The first-order valence-corrected chi connectivity index (χ1v) is 7.87. The fourth-order valence-electron chi connectivity index (χ4n) is 3.06. The van der Waals surface area contributed by atoms with E-state index in [1.807, 2.05) is 7.05 Å². The molecule has 0 radical (unpaired) electrons. The van der Waals surface area contributed by atoms with Gasteiger partial charge >= 0.3 is 0 Å². The second-order valence-corrected chi connectivity index (χ2v) is 5.56. The first-order chi connectivity index (χ1) is 9.78. The lowest BCUT2D eigenvalue weighted by molar-refractivity contribution is -0.0423. The van der Waals surface area contributed by atoms with E-state index in [0.717, 1.165) is 39.1 Å². The number of rotatable bonds is 6. The van der Waals surface area contributed by atoms with E-state index in [-0.39, 0.29) is 0 Å². The van der Waals surface area contributed by atoms with Crippen molar-refractivity contribution in [1.29, 1.82) is 0 Å². The fraction of sp³-hybridized carbons (Fsp3) is 0.647. The van der Waals surface area contributed by atoms with Crippen molar-refractivity contribution in [1.82, 2.24) is 10.2 Å². The number of likely N-dealkylation sites (N-methyl/N-ethyl adjacent to an activating group) is 1. The lowest BCUT2D eigenvalue weighted by atomic mass is 9.99. The van der Waals surface area contributed by atoms with Crippen molar-refractivity contribution < 1.29 is 4.74 Å². The van der Waals surface area contributed by atoms with Crippen molar-refractivity contribution >= 4 is 0 Å². The van der Waals surface area contributed by atoms with Gasteiger partial charge in [-0.3, -0.25) is 4.90 Å². The number of hydrogen-bond donors (Lipinski definition) is 1. The van der Waals surface area contributed by atoms with Gasteiger partial charge in [-0.05, 0) is 31.0 Å². The summed E-state index contributed by atoms with van der Waals surface area (Å²) < 4.78 is 5.81. The van der Waals surface area contributed by atoms with Crippen LogP contribution < -0.4 is 5.32 Å². The number of ether oxygens (including phenoxy) is 1. The molecule has 0 aliphatic carbocycles. The second kappa shape index (κ2) is 7.77. The number of nitrogens with one attached hydrogen (secondary N) is 1. The molecule has 1 aromatic carbocycles. The van der Waals surface area contributed by atoms with Gasteiger partial charge in [0.15, 0.2) is 0 Å². The molecule has 1 saturated heterocycles. The van der Waals surface area contributed by atoms with Crippen LogP contribution in [0.4, 0.5) is 0 Å².